The summed E-state index contributed by atoms with van der Waals surface area (Å²) in [6, 6.07) is 0. The molecule has 2 nitrogen and oxygen atoms in total. The van der Waals surface area contributed by atoms with E-state index in [1.165, 1.54) is 19.6 Å². The lowest BCUT2D eigenvalue weighted by molar-refractivity contribution is 0.239. The molecule has 1 heterocycles. The molecule has 0 aromatic heterocycles. The van der Waals surface area contributed by atoms with E-state index in [2.05, 4.69) is 31.3 Å². The maximum atomic E-state index is 3.16. The van der Waals surface area contributed by atoms with Gasteiger partial charge in [-0.25, -0.2) is 3.11 Å². The van der Waals surface area contributed by atoms with Gasteiger partial charge in [0.15, 0.2) is 0 Å². The maximum Gasteiger partial charge on any atom is 0.0201 e. The van der Waals surface area contributed by atoms with Crippen molar-refractivity contribution in [3.8, 4) is 0 Å². The maximum absolute atomic E-state index is 3.16. The number of nitrogens with zero attached hydrogens (tertiary/aromatic N) is 1. The Labute approximate surface area is 64.1 Å². The Morgan fingerprint density at radius 2 is 2.38 bits per heavy atom. The van der Waals surface area contributed by atoms with Gasteiger partial charge in [0.2, 0.25) is 0 Å². The molecule has 1 fully saturated rings. The second kappa shape index (κ2) is 2.98. The molecule has 1 saturated heterocycles. The normalized spacial score (nSPS) is 23.2. The van der Waals surface area contributed by atoms with E-state index in [9.17, 15) is 0 Å². The van der Waals surface area contributed by atoms with Crippen LogP contribution in [0.25, 0.3) is 0 Å². The van der Waals surface area contributed by atoms with Crippen molar-refractivity contribution in [2.24, 2.45) is 5.92 Å². The molecule has 8 heavy (non-hydrogen) atoms. The molecule has 0 unspecified atom stereocenters. The van der Waals surface area contributed by atoms with Crippen LogP contribution in [0, 0.1) is 5.92 Å². The molecule has 0 saturated carbocycles. The molecule has 3 heteroatoms. The molecular weight excluding hydrogens is 215 g/mol. The van der Waals surface area contributed by atoms with E-state index in [0.717, 1.165) is 5.92 Å². The third-order valence-corrected chi connectivity index (χ3v) is 2.19. The molecule has 0 aromatic carbocycles. The third kappa shape index (κ3) is 1.56. The SMILES string of the molecule is CNCC1CN(I)C1. The quantitative estimate of drug-likeness (QED) is 0.544. The lowest BCUT2D eigenvalue weighted by Crippen LogP contribution is -2.44. The highest BCUT2D eigenvalue weighted by Crippen LogP contribution is 2.17. The van der Waals surface area contributed by atoms with E-state index < -0.39 is 0 Å². The number of hydrogen-bond acceptors (Lipinski definition) is 2. The molecule has 0 spiro atoms. The van der Waals surface area contributed by atoms with Crippen LogP contribution in [0.2, 0.25) is 0 Å². The van der Waals surface area contributed by atoms with Crippen molar-refractivity contribution in [3.05, 3.63) is 0 Å². The average Bonchev–Trinajstić information content (AvgIpc) is 1.64. The number of rotatable bonds is 2. The highest BCUT2D eigenvalue weighted by atomic mass is 127. The van der Waals surface area contributed by atoms with E-state index in [-0.39, 0.29) is 0 Å². The van der Waals surface area contributed by atoms with Crippen molar-refractivity contribution < 1.29 is 0 Å². The van der Waals surface area contributed by atoms with Crippen molar-refractivity contribution in [2.75, 3.05) is 26.7 Å². The fourth-order valence-electron chi connectivity index (χ4n) is 0.925. The van der Waals surface area contributed by atoms with Crippen LogP contribution in [0.1, 0.15) is 0 Å². The van der Waals surface area contributed by atoms with Crippen molar-refractivity contribution in [3.63, 3.8) is 0 Å². The van der Waals surface area contributed by atoms with Crippen molar-refractivity contribution in [1.29, 1.82) is 0 Å². The summed E-state index contributed by atoms with van der Waals surface area (Å²) in [6.07, 6.45) is 0. The summed E-state index contributed by atoms with van der Waals surface area (Å²) in [4.78, 5) is 0. The van der Waals surface area contributed by atoms with Gasteiger partial charge < -0.3 is 5.32 Å². The Balaban J connectivity index is 1.98. The second-order valence-electron chi connectivity index (χ2n) is 2.25. The van der Waals surface area contributed by atoms with Gasteiger partial charge >= 0.3 is 0 Å². The smallest absolute Gasteiger partial charge is 0.0201 e. The van der Waals surface area contributed by atoms with Gasteiger partial charge in [0.05, 0.1) is 0 Å². The van der Waals surface area contributed by atoms with Crippen LogP contribution in [-0.2, 0) is 0 Å². The number of hydrogen-bond donors (Lipinski definition) is 1. The van der Waals surface area contributed by atoms with Crippen molar-refractivity contribution >= 4 is 22.9 Å². The van der Waals surface area contributed by atoms with Gasteiger partial charge in [-0.2, -0.15) is 0 Å². The first kappa shape index (κ1) is 6.77. The van der Waals surface area contributed by atoms with Crippen LogP contribution in [0.4, 0.5) is 0 Å². The highest BCUT2D eigenvalue weighted by Gasteiger charge is 2.22. The Kier molecular flexibility index (Phi) is 2.52. The summed E-state index contributed by atoms with van der Waals surface area (Å²) < 4.78 is 2.31. The zero-order valence-corrected chi connectivity index (χ0v) is 7.18. The number of halogens is 1. The van der Waals surface area contributed by atoms with Gasteiger partial charge in [0.1, 0.15) is 0 Å². The van der Waals surface area contributed by atoms with Crippen LogP contribution < -0.4 is 5.32 Å². The molecule has 0 atom stereocenters. The van der Waals surface area contributed by atoms with Crippen LogP contribution in [0.3, 0.4) is 0 Å². The van der Waals surface area contributed by atoms with Gasteiger partial charge in [-0.05, 0) is 13.0 Å². The Morgan fingerprint density at radius 3 is 2.75 bits per heavy atom. The van der Waals surface area contributed by atoms with Crippen LogP contribution in [0.5, 0.6) is 0 Å². The van der Waals surface area contributed by atoms with E-state index in [1.54, 1.807) is 0 Å². The lowest BCUT2D eigenvalue weighted by Gasteiger charge is -2.33. The van der Waals surface area contributed by atoms with E-state index in [4.69, 9.17) is 0 Å². The molecule has 0 amide bonds. The van der Waals surface area contributed by atoms with E-state index in [0.29, 0.717) is 0 Å². The first-order chi connectivity index (χ1) is 3.83. The Bertz CT molecular complexity index is 68.1. The average molecular weight is 226 g/mol. The molecule has 0 bridgehead atoms. The van der Waals surface area contributed by atoms with Crippen molar-refractivity contribution in [2.45, 2.75) is 0 Å². The molecule has 1 N–H and O–H groups in total. The van der Waals surface area contributed by atoms with Gasteiger partial charge in [-0.15, -0.1) is 0 Å². The topological polar surface area (TPSA) is 15.3 Å². The summed E-state index contributed by atoms with van der Waals surface area (Å²) in [7, 11) is 2.01. The molecule has 1 aliphatic rings. The lowest BCUT2D eigenvalue weighted by atomic mass is 10.0. The van der Waals surface area contributed by atoms with E-state index >= 15 is 0 Å². The van der Waals surface area contributed by atoms with Gasteiger partial charge in [-0.3, -0.25) is 0 Å². The predicted octanol–water partition coefficient (Wildman–Crippen LogP) is 0.488. The minimum absolute atomic E-state index is 0.914. The third-order valence-electron chi connectivity index (χ3n) is 1.41. The summed E-state index contributed by atoms with van der Waals surface area (Å²) in [6.45, 7) is 3.71. The second-order valence-corrected chi connectivity index (χ2v) is 3.62. The molecule has 1 aliphatic heterocycles. The highest BCUT2D eigenvalue weighted by molar-refractivity contribution is 14.1. The minimum atomic E-state index is 0.914. The standard InChI is InChI=1S/C5H11IN2/c1-7-2-5-3-8(6)4-5/h5,7H,2-4H2,1H3. The predicted molar refractivity (Wildman–Crippen MR) is 43.0 cm³/mol. The summed E-state index contributed by atoms with van der Waals surface area (Å²) in [5.74, 6) is 0.914. The van der Waals surface area contributed by atoms with Crippen LogP contribution in [-0.4, -0.2) is 29.8 Å². The first-order valence-electron chi connectivity index (χ1n) is 2.88. The first-order valence-corrected chi connectivity index (χ1v) is 3.84. The summed E-state index contributed by atoms with van der Waals surface area (Å²) in [5.41, 5.74) is 0. The molecule has 0 aromatic rings. The van der Waals surface area contributed by atoms with Crippen LogP contribution >= 0.6 is 22.9 Å². The van der Waals surface area contributed by atoms with Gasteiger partial charge in [0.25, 0.3) is 0 Å². The fourth-order valence-corrected chi connectivity index (χ4v) is 2.04. The molecular formula is C5H11IN2. The summed E-state index contributed by atoms with van der Waals surface area (Å²) >= 11 is 2.35. The Hall–Kier alpha value is 0.650. The van der Waals surface area contributed by atoms with Crippen LogP contribution in [0.15, 0.2) is 0 Å². The van der Waals surface area contributed by atoms with Gasteiger partial charge in [0, 0.05) is 42.5 Å². The molecule has 0 aliphatic carbocycles. The summed E-state index contributed by atoms with van der Waals surface area (Å²) in [5, 5.41) is 3.16. The van der Waals surface area contributed by atoms with E-state index in [1.807, 2.05) is 7.05 Å². The molecule has 1 rings (SSSR count). The van der Waals surface area contributed by atoms with Gasteiger partial charge in [-0.1, -0.05) is 0 Å². The fraction of sp³-hybridized carbons (Fsp3) is 1.00. The molecule has 48 valence electrons. The monoisotopic (exact) mass is 226 g/mol. The zero-order valence-electron chi connectivity index (χ0n) is 5.02. The number of nitrogens with one attached hydrogen (secondary N) is 1. The minimum Gasteiger partial charge on any atom is -0.319 e. The largest absolute Gasteiger partial charge is 0.319 e. The van der Waals surface area contributed by atoms with Crippen molar-refractivity contribution in [1.82, 2.24) is 8.43 Å². The zero-order chi connectivity index (χ0) is 5.98. The molecule has 0 radical (unpaired) electrons. The Morgan fingerprint density at radius 1 is 1.75 bits per heavy atom.